The van der Waals surface area contributed by atoms with E-state index in [4.69, 9.17) is 4.74 Å². The highest BCUT2D eigenvalue weighted by molar-refractivity contribution is 5.27. The molecule has 2 aliphatic rings. The van der Waals surface area contributed by atoms with Crippen molar-refractivity contribution < 1.29 is 9.84 Å². The summed E-state index contributed by atoms with van der Waals surface area (Å²) in [5.74, 6) is 1.05. The van der Waals surface area contributed by atoms with Crippen LogP contribution in [0.4, 0.5) is 0 Å². The first kappa shape index (κ1) is 8.27. The second-order valence-corrected chi connectivity index (χ2v) is 4.01. The van der Waals surface area contributed by atoms with Gasteiger partial charge in [-0.15, -0.1) is 0 Å². The standard InChI is InChI=1S/C10H16O2/c1-6-3-4-8-7(2)5-12-10(11)9(6)8/h6-7,10-11H,3-5H2,1-2H3. The topological polar surface area (TPSA) is 29.5 Å². The molecule has 3 unspecified atom stereocenters. The average Bonchev–Trinajstić information content (AvgIpc) is 2.42. The lowest BCUT2D eigenvalue weighted by molar-refractivity contribution is -0.0932. The van der Waals surface area contributed by atoms with E-state index in [0.29, 0.717) is 18.4 Å². The first-order valence-corrected chi connectivity index (χ1v) is 4.72. The van der Waals surface area contributed by atoms with Gasteiger partial charge in [0.05, 0.1) is 6.61 Å². The lowest BCUT2D eigenvalue weighted by Gasteiger charge is -2.27. The van der Waals surface area contributed by atoms with Crippen molar-refractivity contribution in [1.82, 2.24) is 0 Å². The normalized spacial score (nSPS) is 41.8. The first-order chi connectivity index (χ1) is 5.70. The van der Waals surface area contributed by atoms with Gasteiger partial charge in [0.1, 0.15) is 0 Å². The van der Waals surface area contributed by atoms with Gasteiger partial charge in [0.2, 0.25) is 0 Å². The van der Waals surface area contributed by atoms with Crippen LogP contribution in [0.15, 0.2) is 11.1 Å². The highest BCUT2D eigenvalue weighted by Gasteiger charge is 2.33. The molecule has 1 heterocycles. The van der Waals surface area contributed by atoms with Crippen LogP contribution in [0.2, 0.25) is 0 Å². The van der Waals surface area contributed by atoms with Crippen LogP contribution in [-0.2, 0) is 4.74 Å². The zero-order chi connectivity index (χ0) is 8.72. The molecule has 3 atom stereocenters. The van der Waals surface area contributed by atoms with Gasteiger partial charge in [-0.3, -0.25) is 0 Å². The Morgan fingerprint density at radius 1 is 1.33 bits per heavy atom. The van der Waals surface area contributed by atoms with E-state index in [1.165, 1.54) is 17.6 Å². The SMILES string of the molecule is CC1COC(O)C2=C1CCC2C. The molecule has 1 aliphatic heterocycles. The first-order valence-electron chi connectivity index (χ1n) is 4.72. The summed E-state index contributed by atoms with van der Waals surface area (Å²) in [5.41, 5.74) is 2.63. The minimum atomic E-state index is -0.603. The van der Waals surface area contributed by atoms with Gasteiger partial charge in [-0.2, -0.15) is 0 Å². The Kier molecular flexibility index (Phi) is 1.97. The van der Waals surface area contributed by atoms with Crippen molar-refractivity contribution in [3.63, 3.8) is 0 Å². The summed E-state index contributed by atoms with van der Waals surface area (Å²) in [6.07, 6.45) is 1.75. The largest absolute Gasteiger partial charge is 0.364 e. The number of ether oxygens (including phenoxy) is 1. The van der Waals surface area contributed by atoms with E-state index in [9.17, 15) is 5.11 Å². The summed E-state index contributed by atoms with van der Waals surface area (Å²) in [4.78, 5) is 0. The lowest BCUT2D eigenvalue weighted by atomic mass is 9.94. The van der Waals surface area contributed by atoms with Crippen molar-refractivity contribution in [2.75, 3.05) is 6.61 Å². The number of hydrogen-bond donors (Lipinski definition) is 1. The molecule has 0 saturated carbocycles. The summed E-state index contributed by atoms with van der Waals surface area (Å²) in [6.45, 7) is 5.04. The van der Waals surface area contributed by atoms with E-state index in [0.717, 1.165) is 6.42 Å². The smallest absolute Gasteiger partial charge is 0.177 e. The molecule has 1 aliphatic carbocycles. The molecule has 0 aromatic rings. The van der Waals surface area contributed by atoms with Crippen LogP contribution in [0.25, 0.3) is 0 Å². The monoisotopic (exact) mass is 168 g/mol. The summed E-state index contributed by atoms with van der Waals surface area (Å²) in [5, 5.41) is 9.59. The number of aliphatic hydroxyl groups excluding tert-OH is 1. The number of rotatable bonds is 0. The van der Waals surface area contributed by atoms with Gasteiger partial charge in [0, 0.05) is 5.92 Å². The van der Waals surface area contributed by atoms with Crippen LogP contribution in [-0.4, -0.2) is 18.0 Å². The zero-order valence-corrected chi connectivity index (χ0v) is 7.71. The van der Waals surface area contributed by atoms with Crippen LogP contribution in [0, 0.1) is 11.8 Å². The van der Waals surface area contributed by atoms with Gasteiger partial charge in [-0.05, 0) is 24.3 Å². The predicted octanol–water partition coefficient (Wildman–Crippen LogP) is 1.70. The minimum absolute atomic E-state index is 0.522. The third-order valence-electron chi connectivity index (χ3n) is 3.11. The fourth-order valence-electron chi connectivity index (χ4n) is 2.35. The fourth-order valence-corrected chi connectivity index (χ4v) is 2.35. The molecule has 0 amide bonds. The fraction of sp³-hybridized carbons (Fsp3) is 0.800. The Hall–Kier alpha value is -0.340. The van der Waals surface area contributed by atoms with Crippen LogP contribution in [0.1, 0.15) is 26.7 Å². The maximum absolute atomic E-state index is 9.59. The number of hydrogen-bond acceptors (Lipinski definition) is 2. The second-order valence-electron chi connectivity index (χ2n) is 4.01. The van der Waals surface area contributed by atoms with E-state index in [2.05, 4.69) is 13.8 Å². The maximum Gasteiger partial charge on any atom is 0.177 e. The number of aliphatic hydroxyl groups is 1. The average molecular weight is 168 g/mol. The van der Waals surface area contributed by atoms with Crippen molar-refractivity contribution in [2.45, 2.75) is 33.0 Å². The predicted molar refractivity (Wildman–Crippen MR) is 46.5 cm³/mol. The molecule has 0 spiro atoms. The molecule has 0 saturated heterocycles. The van der Waals surface area contributed by atoms with Crippen molar-refractivity contribution in [3.8, 4) is 0 Å². The van der Waals surface area contributed by atoms with E-state index in [-0.39, 0.29) is 0 Å². The third kappa shape index (κ3) is 1.10. The van der Waals surface area contributed by atoms with Crippen molar-refractivity contribution in [1.29, 1.82) is 0 Å². The van der Waals surface area contributed by atoms with E-state index in [1.54, 1.807) is 0 Å². The summed E-state index contributed by atoms with van der Waals surface area (Å²) in [6, 6.07) is 0. The molecule has 2 heteroatoms. The molecule has 12 heavy (non-hydrogen) atoms. The van der Waals surface area contributed by atoms with E-state index >= 15 is 0 Å². The highest BCUT2D eigenvalue weighted by Crippen LogP contribution is 2.40. The molecule has 0 fully saturated rings. The second kappa shape index (κ2) is 2.86. The molecule has 0 aromatic carbocycles. The van der Waals surface area contributed by atoms with Crippen molar-refractivity contribution in [2.24, 2.45) is 11.8 Å². The van der Waals surface area contributed by atoms with Crippen LogP contribution < -0.4 is 0 Å². The Morgan fingerprint density at radius 3 is 2.75 bits per heavy atom. The third-order valence-corrected chi connectivity index (χ3v) is 3.11. The molecular weight excluding hydrogens is 152 g/mol. The Balaban J connectivity index is 2.32. The Bertz CT molecular complexity index is 220. The highest BCUT2D eigenvalue weighted by atomic mass is 16.6. The summed E-state index contributed by atoms with van der Waals surface area (Å²) in [7, 11) is 0. The van der Waals surface area contributed by atoms with Crippen molar-refractivity contribution in [3.05, 3.63) is 11.1 Å². The molecule has 2 rings (SSSR count). The molecule has 2 nitrogen and oxygen atoms in total. The maximum atomic E-state index is 9.59. The van der Waals surface area contributed by atoms with Crippen LogP contribution in [0.3, 0.4) is 0 Å². The molecule has 1 N–H and O–H groups in total. The zero-order valence-electron chi connectivity index (χ0n) is 7.71. The van der Waals surface area contributed by atoms with Gasteiger partial charge in [-0.1, -0.05) is 19.4 Å². The van der Waals surface area contributed by atoms with E-state index in [1.807, 2.05) is 0 Å². The van der Waals surface area contributed by atoms with Gasteiger partial charge in [0.15, 0.2) is 6.29 Å². The lowest BCUT2D eigenvalue weighted by Crippen LogP contribution is -2.27. The molecule has 0 radical (unpaired) electrons. The van der Waals surface area contributed by atoms with Gasteiger partial charge >= 0.3 is 0 Å². The molecule has 0 aromatic heterocycles. The Labute approximate surface area is 73.2 Å². The van der Waals surface area contributed by atoms with Gasteiger partial charge in [0.25, 0.3) is 0 Å². The van der Waals surface area contributed by atoms with Crippen LogP contribution >= 0.6 is 0 Å². The van der Waals surface area contributed by atoms with Gasteiger partial charge in [-0.25, -0.2) is 0 Å². The quantitative estimate of drug-likeness (QED) is 0.558. The summed E-state index contributed by atoms with van der Waals surface area (Å²) < 4.78 is 5.27. The summed E-state index contributed by atoms with van der Waals surface area (Å²) >= 11 is 0. The van der Waals surface area contributed by atoms with Crippen molar-refractivity contribution >= 4 is 0 Å². The van der Waals surface area contributed by atoms with E-state index < -0.39 is 6.29 Å². The van der Waals surface area contributed by atoms with Crippen LogP contribution in [0.5, 0.6) is 0 Å². The molecular formula is C10H16O2. The van der Waals surface area contributed by atoms with Gasteiger partial charge < -0.3 is 9.84 Å². The molecule has 0 bridgehead atoms. The molecule has 68 valence electrons. The Morgan fingerprint density at radius 2 is 2.08 bits per heavy atom. The minimum Gasteiger partial charge on any atom is -0.364 e.